The van der Waals surface area contributed by atoms with Crippen LogP contribution in [0.2, 0.25) is 5.15 Å². The number of nitrogens with zero attached hydrogens (tertiary/aromatic N) is 2. The third-order valence-corrected chi connectivity index (χ3v) is 4.84. The molecule has 2 aromatic rings. The fraction of sp³-hybridized carbons (Fsp3) is 0.250. The predicted octanol–water partition coefficient (Wildman–Crippen LogP) is 3.42. The Kier molecular flexibility index (Phi) is 4.28. The number of aromatic nitrogens is 2. The number of pyridine rings is 1. The zero-order valence-electron chi connectivity index (χ0n) is 12.3. The lowest BCUT2D eigenvalue weighted by Gasteiger charge is -2.14. The number of aliphatic hydroxyl groups is 1. The quantitative estimate of drug-likeness (QED) is 0.522. The first kappa shape index (κ1) is 15.8. The van der Waals surface area contributed by atoms with E-state index in [1.807, 2.05) is 0 Å². The molecule has 2 aromatic heterocycles. The Morgan fingerprint density at radius 2 is 2.17 bits per heavy atom. The standard InChI is InChI=1S/C16H13ClN2O3S/c1-8(20)6-13-19-11-4-3-10(15(22)16(11)23-13)14(21)9-2-5-12(17)18-7-9/h2,5,7,21H,3-4,6H2,1H3. The minimum atomic E-state index is -0.231. The average Bonchev–Trinajstić information content (AvgIpc) is 2.90. The molecule has 0 spiro atoms. The molecular formula is C16H13ClN2O3S. The molecule has 0 saturated carbocycles. The van der Waals surface area contributed by atoms with Gasteiger partial charge in [0, 0.05) is 17.3 Å². The second-order valence-electron chi connectivity index (χ2n) is 5.29. The van der Waals surface area contributed by atoms with E-state index in [1.165, 1.54) is 24.5 Å². The summed E-state index contributed by atoms with van der Waals surface area (Å²) in [7, 11) is 0. The number of thiazole rings is 1. The number of hydrogen-bond donors (Lipinski definition) is 1. The fourth-order valence-electron chi connectivity index (χ4n) is 2.45. The van der Waals surface area contributed by atoms with Crippen LogP contribution in [0.5, 0.6) is 0 Å². The van der Waals surface area contributed by atoms with Crippen molar-refractivity contribution in [3.63, 3.8) is 0 Å². The third kappa shape index (κ3) is 3.18. The third-order valence-electron chi connectivity index (χ3n) is 3.52. The van der Waals surface area contributed by atoms with Crippen LogP contribution in [-0.4, -0.2) is 26.6 Å². The van der Waals surface area contributed by atoms with Gasteiger partial charge in [0.05, 0.1) is 17.0 Å². The van der Waals surface area contributed by atoms with Crippen LogP contribution in [0.3, 0.4) is 0 Å². The summed E-state index contributed by atoms with van der Waals surface area (Å²) < 4.78 is 0. The summed E-state index contributed by atoms with van der Waals surface area (Å²) in [6.07, 6.45) is 2.64. The largest absolute Gasteiger partial charge is 0.507 e. The van der Waals surface area contributed by atoms with E-state index >= 15 is 0 Å². The summed E-state index contributed by atoms with van der Waals surface area (Å²) in [5, 5.41) is 11.4. The van der Waals surface area contributed by atoms with E-state index in [2.05, 4.69) is 9.97 Å². The molecule has 7 heteroatoms. The molecular weight excluding hydrogens is 336 g/mol. The number of carbonyl (C=O) groups excluding carboxylic acids is 2. The molecule has 3 rings (SSSR count). The lowest BCUT2D eigenvalue weighted by molar-refractivity contribution is -0.116. The van der Waals surface area contributed by atoms with Gasteiger partial charge in [-0.1, -0.05) is 11.6 Å². The summed E-state index contributed by atoms with van der Waals surface area (Å²) in [6, 6.07) is 3.18. The maximum atomic E-state index is 12.6. The Morgan fingerprint density at radius 3 is 2.83 bits per heavy atom. The molecule has 0 radical (unpaired) electrons. The minimum absolute atomic E-state index is 0.00870. The molecule has 0 unspecified atom stereocenters. The van der Waals surface area contributed by atoms with Crippen molar-refractivity contribution >= 4 is 40.3 Å². The summed E-state index contributed by atoms with van der Waals surface area (Å²) in [5.41, 5.74) is 1.51. The van der Waals surface area contributed by atoms with Crippen LogP contribution >= 0.6 is 22.9 Å². The first-order valence-corrected chi connectivity index (χ1v) is 8.22. The van der Waals surface area contributed by atoms with Gasteiger partial charge in [0.1, 0.15) is 21.7 Å². The van der Waals surface area contributed by atoms with Gasteiger partial charge < -0.3 is 5.11 Å². The summed E-state index contributed by atoms with van der Waals surface area (Å²) >= 11 is 6.96. The van der Waals surface area contributed by atoms with E-state index in [0.717, 1.165) is 0 Å². The molecule has 0 aromatic carbocycles. The number of rotatable bonds is 3. The molecule has 2 heterocycles. The van der Waals surface area contributed by atoms with E-state index in [4.69, 9.17) is 11.6 Å². The van der Waals surface area contributed by atoms with Crippen molar-refractivity contribution in [3.8, 4) is 0 Å². The maximum Gasteiger partial charge on any atom is 0.204 e. The highest BCUT2D eigenvalue weighted by molar-refractivity contribution is 7.14. The molecule has 1 aliphatic rings. The maximum absolute atomic E-state index is 12.6. The van der Waals surface area contributed by atoms with Crippen LogP contribution in [0.25, 0.3) is 5.76 Å². The molecule has 0 bridgehead atoms. The van der Waals surface area contributed by atoms with Crippen LogP contribution in [0, 0.1) is 0 Å². The summed E-state index contributed by atoms with van der Waals surface area (Å²) in [6.45, 7) is 1.49. The number of carbonyl (C=O) groups is 2. The van der Waals surface area contributed by atoms with Crippen molar-refractivity contribution in [2.24, 2.45) is 0 Å². The van der Waals surface area contributed by atoms with Crippen molar-refractivity contribution < 1.29 is 14.7 Å². The van der Waals surface area contributed by atoms with Crippen LogP contribution in [0.4, 0.5) is 0 Å². The molecule has 0 amide bonds. The van der Waals surface area contributed by atoms with Gasteiger partial charge in [0.25, 0.3) is 0 Å². The van der Waals surface area contributed by atoms with E-state index in [-0.39, 0.29) is 23.7 Å². The van der Waals surface area contributed by atoms with Gasteiger partial charge in [0.15, 0.2) is 0 Å². The second-order valence-corrected chi connectivity index (χ2v) is 6.76. The number of Topliss-reactive ketones (excluding diaryl/α,β-unsaturated/α-hetero) is 2. The van der Waals surface area contributed by atoms with E-state index in [1.54, 1.807) is 12.1 Å². The number of ketones is 2. The highest BCUT2D eigenvalue weighted by Crippen LogP contribution is 2.33. The van der Waals surface area contributed by atoms with Crippen molar-refractivity contribution in [2.75, 3.05) is 0 Å². The molecule has 118 valence electrons. The van der Waals surface area contributed by atoms with Gasteiger partial charge >= 0.3 is 0 Å². The van der Waals surface area contributed by atoms with Gasteiger partial charge in [-0.15, -0.1) is 11.3 Å². The lowest BCUT2D eigenvalue weighted by Crippen LogP contribution is -2.14. The van der Waals surface area contributed by atoms with Crippen molar-refractivity contribution in [2.45, 2.75) is 26.2 Å². The molecule has 1 aliphatic carbocycles. The van der Waals surface area contributed by atoms with Gasteiger partial charge in [-0.25, -0.2) is 9.97 Å². The van der Waals surface area contributed by atoms with E-state index < -0.39 is 0 Å². The Hall–Kier alpha value is -2.05. The van der Waals surface area contributed by atoms with Crippen LogP contribution in [0.1, 0.15) is 39.3 Å². The smallest absolute Gasteiger partial charge is 0.204 e. The number of hydrogen-bond acceptors (Lipinski definition) is 6. The van der Waals surface area contributed by atoms with Crippen LogP contribution in [0.15, 0.2) is 23.9 Å². The molecule has 1 N–H and O–H groups in total. The number of aliphatic hydroxyl groups excluding tert-OH is 1. The van der Waals surface area contributed by atoms with Gasteiger partial charge in [-0.2, -0.15) is 0 Å². The zero-order valence-corrected chi connectivity index (χ0v) is 13.9. The van der Waals surface area contributed by atoms with Crippen LogP contribution in [-0.2, 0) is 17.6 Å². The predicted molar refractivity (Wildman–Crippen MR) is 87.9 cm³/mol. The van der Waals surface area contributed by atoms with Crippen molar-refractivity contribution in [1.29, 1.82) is 0 Å². The van der Waals surface area contributed by atoms with Crippen molar-refractivity contribution in [3.05, 3.63) is 50.2 Å². The Bertz CT molecular complexity index is 824. The summed E-state index contributed by atoms with van der Waals surface area (Å²) in [5.74, 6) is -0.299. The number of halogens is 1. The highest BCUT2D eigenvalue weighted by atomic mass is 35.5. The van der Waals surface area contributed by atoms with E-state index in [0.29, 0.717) is 44.7 Å². The number of allylic oxidation sites excluding steroid dienone is 1. The molecule has 0 aliphatic heterocycles. The summed E-state index contributed by atoms with van der Waals surface area (Å²) in [4.78, 5) is 32.6. The molecule has 0 saturated heterocycles. The SMILES string of the molecule is CC(=O)Cc1nc2c(s1)C(=O)C(=C(O)c1ccc(Cl)nc1)CC2. The van der Waals surface area contributed by atoms with Crippen molar-refractivity contribution in [1.82, 2.24) is 9.97 Å². The molecule has 23 heavy (non-hydrogen) atoms. The normalized spacial score (nSPS) is 16.2. The topological polar surface area (TPSA) is 80.2 Å². The highest BCUT2D eigenvalue weighted by Gasteiger charge is 2.29. The van der Waals surface area contributed by atoms with E-state index in [9.17, 15) is 14.7 Å². The molecule has 0 fully saturated rings. The first-order valence-electron chi connectivity index (χ1n) is 7.02. The lowest BCUT2D eigenvalue weighted by atomic mass is 9.93. The number of aryl methyl sites for hydroxylation is 1. The monoisotopic (exact) mass is 348 g/mol. The molecule has 5 nitrogen and oxygen atoms in total. The second kappa shape index (κ2) is 6.22. The minimum Gasteiger partial charge on any atom is -0.507 e. The Morgan fingerprint density at radius 1 is 1.39 bits per heavy atom. The fourth-order valence-corrected chi connectivity index (χ4v) is 3.71. The Labute approximate surface area is 141 Å². The first-order chi connectivity index (χ1) is 11.0. The number of fused-ring (bicyclic) bond motifs is 1. The van der Waals surface area contributed by atoms with Crippen LogP contribution < -0.4 is 0 Å². The zero-order chi connectivity index (χ0) is 16.6. The average molecular weight is 349 g/mol. The Balaban J connectivity index is 1.96. The van der Waals surface area contributed by atoms with Gasteiger partial charge in [-0.3, -0.25) is 9.59 Å². The van der Waals surface area contributed by atoms with Gasteiger partial charge in [0.2, 0.25) is 5.78 Å². The molecule has 0 atom stereocenters. The van der Waals surface area contributed by atoms with Gasteiger partial charge in [-0.05, 0) is 31.9 Å².